The van der Waals surface area contributed by atoms with Crippen LogP contribution in [0.4, 0.5) is 0 Å². The minimum absolute atomic E-state index is 0.0572. The molecule has 0 aliphatic heterocycles. The van der Waals surface area contributed by atoms with Gasteiger partial charge in [0.1, 0.15) is 5.57 Å². The molecule has 0 spiro atoms. The Morgan fingerprint density at radius 1 is 1.04 bits per heavy atom. The normalized spacial score (nSPS) is 10.2. The standard InChI is InChI=1S/C20H27BrO4/c1-4-6-10-24-19(22)18(20(23)25-11-7-5-2)13-16-8-9-17(14-21)15(3)12-16/h8-9,12-13H,4-7,10-11,14H2,1-3H3. The van der Waals surface area contributed by atoms with Crippen molar-refractivity contribution in [1.29, 1.82) is 0 Å². The molecule has 0 saturated heterocycles. The highest BCUT2D eigenvalue weighted by atomic mass is 79.9. The lowest BCUT2D eigenvalue weighted by Gasteiger charge is -2.09. The van der Waals surface area contributed by atoms with Crippen molar-refractivity contribution in [3.8, 4) is 0 Å². The van der Waals surface area contributed by atoms with Gasteiger partial charge in [-0.2, -0.15) is 0 Å². The molecule has 0 radical (unpaired) electrons. The van der Waals surface area contributed by atoms with Crippen LogP contribution in [0, 0.1) is 6.92 Å². The number of ether oxygens (including phenoxy) is 2. The van der Waals surface area contributed by atoms with E-state index in [1.165, 1.54) is 0 Å². The third-order valence-corrected chi connectivity index (χ3v) is 4.33. The van der Waals surface area contributed by atoms with Crippen LogP contribution < -0.4 is 0 Å². The molecule has 0 atom stereocenters. The molecule has 1 rings (SSSR count). The summed E-state index contributed by atoms with van der Waals surface area (Å²) in [5.74, 6) is -1.26. The predicted octanol–water partition coefficient (Wildman–Crippen LogP) is 4.96. The number of benzene rings is 1. The number of rotatable bonds is 10. The summed E-state index contributed by atoms with van der Waals surface area (Å²) in [6.45, 7) is 6.62. The van der Waals surface area contributed by atoms with E-state index < -0.39 is 11.9 Å². The molecule has 0 heterocycles. The smallest absolute Gasteiger partial charge is 0.345 e. The van der Waals surface area contributed by atoms with Gasteiger partial charge in [0.25, 0.3) is 0 Å². The fourth-order valence-electron chi connectivity index (χ4n) is 2.10. The topological polar surface area (TPSA) is 52.6 Å². The van der Waals surface area contributed by atoms with Crippen LogP contribution in [0.15, 0.2) is 23.8 Å². The molecule has 0 amide bonds. The Hall–Kier alpha value is -1.62. The Labute approximate surface area is 158 Å². The van der Waals surface area contributed by atoms with E-state index in [9.17, 15) is 9.59 Å². The van der Waals surface area contributed by atoms with Crippen LogP contribution in [-0.2, 0) is 24.4 Å². The summed E-state index contributed by atoms with van der Waals surface area (Å²) >= 11 is 3.44. The van der Waals surface area contributed by atoms with E-state index in [0.29, 0.717) is 13.2 Å². The summed E-state index contributed by atoms with van der Waals surface area (Å²) in [5, 5.41) is 0.758. The van der Waals surface area contributed by atoms with Crippen LogP contribution >= 0.6 is 15.9 Å². The number of hydrogen-bond donors (Lipinski definition) is 0. The van der Waals surface area contributed by atoms with Gasteiger partial charge in [-0.25, -0.2) is 9.59 Å². The maximum absolute atomic E-state index is 12.3. The summed E-state index contributed by atoms with van der Waals surface area (Å²) in [5.41, 5.74) is 2.97. The van der Waals surface area contributed by atoms with Gasteiger partial charge >= 0.3 is 11.9 Å². The molecule has 0 aromatic heterocycles. The van der Waals surface area contributed by atoms with Gasteiger partial charge in [0.15, 0.2) is 0 Å². The number of aryl methyl sites for hydroxylation is 1. The van der Waals surface area contributed by atoms with Gasteiger partial charge in [0.2, 0.25) is 0 Å². The molecule has 25 heavy (non-hydrogen) atoms. The molecule has 0 saturated carbocycles. The van der Waals surface area contributed by atoms with E-state index in [0.717, 1.165) is 47.7 Å². The largest absolute Gasteiger partial charge is 0.462 e. The van der Waals surface area contributed by atoms with E-state index in [4.69, 9.17) is 9.47 Å². The van der Waals surface area contributed by atoms with Gasteiger partial charge in [-0.15, -0.1) is 0 Å². The first kappa shape index (κ1) is 21.4. The van der Waals surface area contributed by atoms with Gasteiger partial charge in [-0.1, -0.05) is 60.8 Å². The Morgan fingerprint density at radius 2 is 1.60 bits per heavy atom. The number of carbonyl (C=O) groups excluding carboxylic acids is 2. The van der Waals surface area contributed by atoms with Crippen LogP contribution in [0.3, 0.4) is 0 Å². The van der Waals surface area contributed by atoms with Crippen LogP contribution in [0.1, 0.15) is 56.2 Å². The third-order valence-electron chi connectivity index (χ3n) is 3.72. The lowest BCUT2D eigenvalue weighted by atomic mass is 10.0. The maximum atomic E-state index is 12.3. The van der Waals surface area contributed by atoms with Crippen LogP contribution in [-0.4, -0.2) is 25.2 Å². The Bertz CT molecular complexity index is 584. The summed E-state index contributed by atoms with van der Waals surface area (Å²) in [6, 6.07) is 5.79. The summed E-state index contributed by atoms with van der Waals surface area (Å²) in [6.07, 6.45) is 4.92. The Morgan fingerprint density at radius 3 is 2.04 bits per heavy atom. The molecular weight excluding hydrogens is 384 g/mol. The molecule has 4 nitrogen and oxygen atoms in total. The van der Waals surface area contributed by atoms with Crippen LogP contribution in [0.25, 0.3) is 6.08 Å². The lowest BCUT2D eigenvalue weighted by Crippen LogP contribution is -2.19. The van der Waals surface area contributed by atoms with E-state index in [2.05, 4.69) is 15.9 Å². The van der Waals surface area contributed by atoms with Crippen molar-refractivity contribution in [3.05, 3.63) is 40.5 Å². The average molecular weight is 411 g/mol. The highest BCUT2D eigenvalue weighted by molar-refractivity contribution is 9.08. The van der Waals surface area contributed by atoms with E-state index >= 15 is 0 Å². The van der Waals surface area contributed by atoms with Crippen molar-refractivity contribution in [1.82, 2.24) is 0 Å². The zero-order chi connectivity index (χ0) is 18.7. The molecule has 0 unspecified atom stereocenters. The SMILES string of the molecule is CCCCOC(=O)C(=Cc1ccc(CBr)c(C)c1)C(=O)OCCCC. The monoisotopic (exact) mass is 410 g/mol. The zero-order valence-corrected chi connectivity index (χ0v) is 16.9. The number of unbranched alkanes of at least 4 members (excludes halogenated alkanes) is 2. The molecule has 5 heteroatoms. The summed E-state index contributed by atoms with van der Waals surface area (Å²) in [4.78, 5) is 24.6. The number of carbonyl (C=O) groups is 2. The average Bonchev–Trinajstić information content (AvgIpc) is 2.60. The second kappa shape index (κ2) is 11.9. The van der Waals surface area contributed by atoms with Gasteiger partial charge in [0, 0.05) is 5.33 Å². The minimum atomic E-state index is -0.628. The molecular formula is C20H27BrO4. The second-order valence-corrected chi connectivity index (χ2v) is 6.42. The Balaban J connectivity index is 3.00. The first-order chi connectivity index (χ1) is 12.0. The van der Waals surface area contributed by atoms with Crippen LogP contribution in [0.2, 0.25) is 0 Å². The highest BCUT2D eigenvalue weighted by Crippen LogP contribution is 2.17. The zero-order valence-electron chi connectivity index (χ0n) is 15.3. The molecule has 0 fully saturated rings. The molecule has 1 aromatic carbocycles. The fraction of sp³-hybridized carbons (Fsp3) is 0.500. The molecule has 0 bridgehead atoms. The van der Waals surface area contributed by atoms with Gasteiger partial charge in [0.05, 0.1) is 13.2 Å². The first-order valence-corrected chi connectivity index (χ1v) is 9.87. The first-order valence-electron chi connectivity index (χ1n) is 8.74. The van der Waals surface area contributed by atoms with Gasteiger partial charge in [-0.05, 0) is 42.5 Å². The molecule has 1 aromatic rings. The number of alkyl halides is 1. The highest BCUT2D eigenvalue weighted by Gasteiger charge is 2.21. The predicted molar refractivity (Wildman–Crippen MR) is 104 cm³/mol. The fourth-order valence-corrected chi connectivity index (χ4v) is 2.73. The van der Waals surface area contributed by atoms with E-state index in [-0.39, 0.29) is 5.57 Å². The number of hydrogen-bond acceptors (Lipinski definition) is 4. The van der Waals surface area contributed by atoms with E-state index in [1.54, 1.807) is 6.08 Å². The third kappa shape index (κ3) is 7.43. The lowest BCUT2D eigenvalue weighted by molar-refractivity contribution is -0.147. The Kier molecular flexibility index (Phi) is 10.2. The van der Waals surface area contributed by atoms with Crippen molar-refractivity contribution in [2.75, 3.05) is 13.2 Å². The number of esters is 2. The van der Waals surface area contributed by atoms with Crippen molar-refractivity contribution >= 4 is 33.9 Å². The summed E-state index contributed by atoms with van der Waals surface area (Å²) in [7, 11) is 0. The molecule has 0 aliphatic rings. The van der Waals surface area contributed by atoms with Gasteiger partial charge in [-0.3, -0.25) is 0 Å². The van der Waals surface area contributed by atoms with Crippen molar-refractivity contribution < 1.29 is 19.1 Å². The summed E-state index contributed by atoms with van der Waals surface area (Å²) < 4.78 is 10.4. The molecule has 0 N–H and O–H groups in total. The van der Waals surface area contributed by atoms with Crippen molar-refractivity contribution in [2.45, 2.75) is 51.8 Å². The van der Waals surface area contributed by atoms with Crippen LogP contribution in [0.5, 0.6) is 0 Å². The quantitative estimate of drug-likeness (QED) is 0.136. The van der Waals surface area contributed by atoms with E-state index in [1.807, 2.05) is 39.0 Å². The van der Waals surface area contributed by atoms with Crippen molar-refractivity contribution in [3.63, 3.8) is 0 Å². The minimum Gasteiger partial charge on any atom is -0.462 e. The molecule has 0 aliphatic carbocycles. The maximum Gasteiger partial charge on any atom is 0.345 e. The molecule has 138 valence electrons. The van der Waals surface area contributed by atoms with Gasteiger partial charge < -0.3 is 9.47 Å². The number of halogens is 1. The van der Waals surface area contributed by atoms with Crippen molar-refractivity contribution in [2.24, 2.45) is 0 Å². The second-order valence-electron chi connectivity index (χ2n) is 5.86.